The van der Waals surface area contributed by atoms with E-state index in [-0.39, 0.29) is 11.3 Å². The van der Waals surface area contributed by atoms with Gasteiger partial charge in [-0.1, -0.05) is 36.0 Å². The van der Waals surface area contributed by atoms with E-state index in [4.69, 9.17) is 0 Å². The van der Waals surface area contributed by atoms with Crippen molar-refractivity contribution in [3.05, 3.63) is 88.0 Å². The Morgan fingerprint density at radius 1 is 1.00 bits per heavy atom. The van der Waals surface area contributed by atoms with Gasteiger partial charge in [-0.3, -0.25) is 14.9 Å². The van der Waals surface area contributed by atoms with Crippen LogP contribution in [0.3, 0.4) is 0 Å². The first-order chi connectivity index (χ1) is 14.0. The average Bonchev–Trinajstić information content (AvgIpc) is 2.75. The molecule has 144 valence electrons. The minimum atomic E-state index is -0.540. The van der Waals surface area contributed by atoms with Crippen molar-refractivity contribution in [1.82, 2.24) is 5.43 Å². The van der Waals surface area contributed by atoms with Crippen molar-refractivity contribution in [2.24, 2.45) is 5.10 Å². The minimum Gasteiger partial charge on any atom is -0.354 e. The highest BCUT2D eigenvalue weighted by atomic mass is 32.2. The van der Waals surface area contributed by atoms with E-state index in [0.29, 0.717) is 5.71 Å². The molecule has 0 aliphatic carbocycles. The maximum atomic E-state index is 12.3. The normalized spacial score (nSPS) is 12.4. The quantitative estimate of drug-likeness (QED) is 0.285. The van der Waals surface area contributed by atoms with E-state index in [1.807, 2.05) is 36.4 Å². The highest BCUT2D eigenvalue weighted by molar-refractivity contribution is 7.99. The number of hydrogen-bond donors (Lipinski definition) is 2. The molecule has 0 unspecified atom stereocenters. The number of non-ortho nitro benzene ring substituents is 1. The largest absolute Gasteiger partial charge is 0.354 e. The molecule has 0 spiro atoms. The number of carbonyl (C=O) groups excluding carboxylic acids is 1. The number of amides is 1. The molecule has 8 heteroatoms. The molecular formula is C21H16N4O3S. The number of para-hydroxylation sites is 1. The number of carbonyl (C=O) groups is 1. The molecule has 3 aromatic rings. The third-order valence-electron chi connectivity index (χ3n) is 4.42. The van der Waals surface area contributed by atoms with Crippen LogP contribution in [0.4, 0.5) is 17.1 Å². The van der Waals surface area contributed by atoms with Crippen LogP contribution >= 0.6 is 11.8 Å². The number of nitrogens with zero attached hydrogens (tertiary/aromatic N) is 2. The number of nitrogens with one attached hydrogen (secondary N) is 2. The molecule has 0 radical (unpaired) electrons. The number of hydrazone groups is 1. The Morgan fingerprint density at radius 3 is 2.62 bits per heavy atom. The molecule has 0 saturated carbocycles. The smallest absolute Gasteiger partial charge is 0.271 e. The fourth-order valence-electron chi connectivity index (χ4n) is 2.89. The van der Waals surface area contributed by atoms with Gasteiger partial charge in [0.15, 0.2) is 0 Å². The van der Waals surface area contributed by atoms with Crippen molar-refractivity contribution in [2.75, 3.05) is 5.32 Å². The number of hydrogen-bond acceptors (Lipinski definition) is 6. The van der Waals surface area contributed by atoms with Crippen LogP contribution in [0.25, 0.3) is 0 Å². The molecule has 1 aliphatic heterocycles. The second kappa shape index (κ2) is 7.76. The van der Waals surface area contributed by atoms with Gasteiger partial charge in [-0.15, -0.1) is 0 Å². The summed E-state index contributed by atoms with van der Waals surface area (Å²) >= 11 is 1.69. The number of anilines is 2. The number of fused-ring (bicyclic) bond motifs is 2. The van der Waals surface area contributed by atoms with Gasteiger partial charge in [0.1, 0.15) is 0 Å². The molecule has 4 rings (SSSR count). The zero-order valence-electron chi connectivity index (χ0n) is 15.4. The highest BCUT2D eigenvalue weighted by Crippen LogP contribution is 2.44. The first kappa shape index (κ1) is 18.7. The van der Waals surface area contributed by atoms with Crippen molar-refractivity contribution in [3.63, 3.8) is 0 Å². The molecule has 3 aromatic carbocycles. The summed E-state index contributed by atoms with van der Waals surface area (Å²) in [5.41, 5.74) is 6.00. The van der Waals surface area contributed by atoms with Crippen LogP contribution in [0.1, 0.15) is 22.8 Å². The molecule has 0 fully saturated rings. The third kappa shape index (κ3) is 3.97. The molecule has 7 nitrogen and oxygen atoms in total. The molecular weight excluding hydrogens is 388 g/mol. The summed E-state index contributed by atoms with van der Waals surface area (Å²) in [5, 5.41) is 18.4. The number of nitro benzene ring substituents is 1. The second-order valence-corrected chi connectivity index (χ2v) is 7.46. The molecule has 2 N–H and O–H groups in total. The summed E-state index contributed by atoms with van der Waals surface area (Å²) in [5.74, 6) is -0.506. The van der Waals surface area contributed by atoms with Gasteiger partial charge in [0.2, 0.25) is 0 Å². The maximum absolute atomic E-state index is 12.3. The van der Waals surface area contributed by atoms with Crippen molar-refractivity contribution < 1.29 is 9.72 Å². The van der Waals surface area contributed by atoms with Crippen LogP contribution in [0.5, 0.6) is 0 Å². The Kier molecular flexibility index (Phi) is 5.01. The van der Waals surface area contributed by atoms with E-state index >= 15 is 0 Å². The molecule has 0 saturated heterocycles. The molecule has 0 aromatic heterocycles. The Labute approximate surface area is 171 Å². The van der Waals surface area contributed by atoms with Crippen LogP contribution in [0.2, 0.25) is 0 Å². The molecule has 1 heterocycles. The zero-order valence-corrected chi connectivity index (χ0v) is 16.2. The van der Waals surface area contributed by atoms with Gasteiger partial charge in [-0.05, 0) is 42.8 Å². The zero-order chi connectivity index (χ0) is 20.4. The predicted octanol–water partition coefficient (Wildman–Crippen LogP) is 4.96. The van der Waals surface area contributed by atoms with E-state index in [1.165, 1.54) is 29.2 Å². The SMILES string of the molecule is CC(=NNC(=O)c1cccc([N+](=O)[O-])c1)c1ccc2c(c1)Nc1ccccc1S2. The summed E-state index contributed by atoms with van der Waals surface area (Å²) in [6, 6.07) is 19.6. The Morgan fingerprint density at radius 2 is 1.79 bits per heavy atom. The lowest BCUT2D eigenvalue weighted by Crippen LogP contribution is -2.19. The van der Waals surface area contributed by atoms with Crippen LogP contribution < -0.4 is 10.7 Å². The summed E-state index contributed by atoms with van der Waals surface area (Å²) < 4.78 is 0. The van der Waals surface area contributed by atoms with Gasteiger partial charge < -0.3 is 5.32 Å². The minimum absolute atomic E-state index is 0.142. The Bertz CT molecular complexity index is 1160. The summed E-state index contributed by atoms with van der Waals surface area (Å²) in [4.78, 5) is 24.9. The topological polar surface area (TPSA) is 96.6 Å². The molecule has 29 heavy (non-hydrogen) atoms. The number of rotatable bonds is 4. The van der Waals surface area contributed by atoms with Crippen LogP contribution in [0, 0.1) is 10.1 Å². The maximum Gasteiger partial charge on any atom is 0.271 e. The number of nitro groups is 1. The van der Waals surface area contributed by atoms with Gasteiger partial charge in [0.05, 0.1) is 22.0 Å². The van der Waals surface area contributed by atoms with Gasteiger partial charge in [0, 0.05) is 27.5 Å². The van der Waals surface area contributed by atoms with Crippen LogP contribution in [-0.4, -0.2) is 16.5 Å². The van der Waals surface area contributed by atoms with Crippen molar-refractivity contribution in [3.8, 4) is 0 Å². The summed E-state index contributed by atoms with van der Waals surface area (Å²) in [6.07, 6.45) is 0. The van der Waals surface area contributed by atoms with Gasteiger partial charge in [-0.2, -0.15) is 5.10 Å². The van der Waals surface area contributed by atoms with E-state index in [2.05, 4.69) is 21.9 Å². The van der Waals surface area contributed by atoms with Gasteiger partial charge in [-0.25, -0.2) is 5.43 Å². The first-order valence-electron chi connectivity index (χ1n) is 8.79. The van der Waals surface area contributed by atoms with Crippen LogP contribution in [0.15, 0.2) is 81.6 Å². The highest BCUT2D eigenvalue weighted by Gasteiger charge is 2.16. The van der Waals surface area contributed by atoms with Crippen LogP contribution in [-0.2, 0) is 0 Å². The third-order valence-corrected chi connectivity index (χ3v) is 5.57. The van der Waals surface area contributed by atoms with E-state index in [1.54, 1.807) is 18.7 Å². The average molecular weight is 404 g/mol. The lowest BCUT2D eigenvalue weighted by molar-refractivity contribution is -0.384. The van der Waals surface area contributed by atoms with Crippen molar-refractivity contribution in [1.29, 1.82) is 0 Å². The Hall–Kier alpha value is -3.65. The monoisotopic (exact) mass is 404 g/mol. The van der Waals surface area contributed by atoms with E-state index in [0.717, 1.165) is 21.8 Å². The van der Waals surface area contributed by atoms with Crippen molar-refractivity contribution >= 4 is 40.4 Å². The summed E-state index contributed by atoms with van der Waals surface area (Å²) in [7, 11) is 0. The molecule has 1 amide bonds. The van der Waals surface area contributed by atoms with E-state index < -0.39 is 10.8 Å². The second-order valence-electron chi connectivity index (χ2n) is 6.38. The fourth-order valence-corrected chi connectivity index (χ4v) is 3.86. The standard InChI is InChI=1S/C21H16N4O3S/c1-13(23-24-21(26)15-5-4-6-16(11-15)25(27)28)14-9-10-20-18(12-14)22-17-7-2-3-8-19(17)29-20/h2-12,22H,1H3,(H,24,26). The van der Waals surface area contributed by atoms with E-state index in [9.17, 15) is 14.9 Å². The van der Waals surface area contributed by atoms with Crippen molar-refractivity contribution in [2.45, 2.75) is 16.7 Å². The Balaban J connectivity index is 1.51. The lowest BCUT2D eigenvalue weighted by Gasteiger charge is -2.21. The first-order valence-corrected chi connectivity index (χ1v) is 9.60. The van der Waals surface area contributed by atoms with Gasteiger partial charge in [0.25, 0.3) is 11.6 Å². The summed E-state index contributed by atoms with van der Waals surface area (Å²) in [6.45, 7) is 1.79. The predicted molar refractivity (Wildman–Crippen MR) is 113 cm³/mol. The lowest BCUT2D eigenvalue weighted by atomic mass is 10.1. The number of benzene rings is 3. The van der Waals surface area contributed by atoms with Gasteiger partial charge >= 0.3 is 0 Å². The fraction of sp³-hybridized carbons (Fsp3) is 0.0476. The molecule has 0 atom stereocenters. The molecule has 0 bridgehead atoms. The molecule has 1 aliphatic rings.